The topological polar surface area (TPSA) is 0 Å². The summed E-state index contributed by atoms with van der Waals surface area (Å²) < 4.78 is 0. The second-order valence-electron chi connectivity index (χ2n) is 6.28. The lowest BCUT2D eigenvalue weighted by molar-refractivity contribution is 0.520. The molecule has 0 N–H and O–H groups in total. The summed E-state index contributed by atoms with van der Waals surface area (Å²) in [4.78, 5) is 0. The molecular formula is C18H24. The van der Waals surface area contributed by atoms with Crippen LogP contribution in [0.5, 0.6) is 0 Å². The Kier molecular flexibility index (Phi) is 3.75. The van der Waals surface area contributed by atoms with Gasteiger partial charge in [0.1, 0.15) is 0 Å². The van der Waals surface area contributed by atoms with E-state index in [9.17, 15) is 0 Å². The standard InChI is InChI=1S/C18H24/c1-14-5-9-16(10-6-14)13-18(3,4)17-11-7-15(2)8-12-17/h5,7-12,14H,6,13H2,1-4H3. The molecule has 0 heteroatoms. The quantitative estimate of drug-likeness (QED) is 0.682. The van der Waals surface area contributed by atoms with Gasteiger partial charge in [0.15, 0.2) is 0 Å². The summed E-state index contributed by atoms with van der Waals surface area (Å²) in [5.41, 5.74) is 4.46. The van der Waals surface area contributed by atoms with Gasteiger partial charge in [0.25, 0.3) is 0 Å². The molecule has 0 saturated carbocycles. The average Bonchev–Trinajstić information content (AvgIpc) is 2.32. The molecule has 1 atom stereocenters. The minimum atomic E-state index is 0.213. The SMILES string of the molecule is Cc1ccc(C(C)(C)CC2=CCC(C)C=C2)cc1. The molecule has 96 valence electrons. The van der Waals surface area contributed by atoms with Crippen molar-refractivity contribution in [3.63, 3.8) is 0 Å². The fourth-order valence-electron chi connectivity index (χ4n) is 2.52. The van der Waals surface area contributed by atoms with E-state index in [0.29, 0.717) is 5.92 Å². The Morgan fingerprint density at radius 2 is 1.83 bits per heavy atom. The molecule has 18 heavy (non-hydrogen) atoms. The van der Waals surface area contributed by atoms with Crippen LogP contribution in [0.4, 0.5) is 0 Å². The van der Waals surface area contributed by atoms with E-state index in [1.165, 1.54) is 23.1 Å². The van der Waals surface area contributed by atoms with Gasteiger partial charge >= 0.3 is 0 Å². The van der Waals surface area contributed by atoms with Crippen molar-refractivity contribution in [3.05, 3.63) is 59.2 Å². The van der Waals surface area contributed by atoms with Crippen LogP contribution >= 0.6 is 0 Å². The highest BCUT2D eigenvalue weighted by molar-refractivity contribution is 5.32. The lowest BCUT2D eigenvalue weighted by atomic mass is 9.77. The Morgan fingerprint density at radius 1 is 1.17 bits per heavy atom. The maximum Gasteiger partial charge on any atom is -0.00633 e. The van der Waals surface area contributed by atoms with Crippen LogP contribution in [-0.4, -0.2) is 0 Å². The van der Waals surface area contributed by atoms with E-state index in [1.54, 1.807) is 0 Å². The van der Waals surface area contributed by atoms with Crippen molar-refractivity contribution < 1.29 is 0 Å². The number of hydrogen-bond donors (Lipinski definition) is 0. The first-order valence-corrected chi connectivity index (χ1v) is 6.92. The third kappa shape index (κ3) is 3.13. The minimum Gasteiger partial charge on any atom is -0.0811 e. The van der Waals surface area contributed by atoms with Gasteiger partial charge in [-0.1, -0.05) is 74.4 Å². The van der Waals surface area contributed by atoms with Crippen LogP contribution in [0.1, 0.15) is 44.7 Å². The van der Waals surface area contributed by atoms with Gasteiger partial charge < -0.3 is 0 Å². The fourth-order valence-corrected chi connectivity index (χ4v) is 2.52. The van der Waals surface area contributed by atoms with Gasteiger partial charge in [0.2, 0.25) is 0 Å². The third-order valence-electron chi connectivity index (χ3n) is 3.87. The van der Waals surface area contributed by atoms with Crippen LogP contribution in [0.15, 0.2) is 48.1 Å². The van der Waals surface area contributed by atoms with Crippen molar-refractivity contribution in [2.24, 2.45) is 5.92 Å². The first-order valence-electron chi connectivity index (χ1n) is 6.92. The zero-order valence-corrected chi connectivity index (χ0v) is 12.0. The molecule has 0 aliphatic heterocycles. The molecule has 0 nitrogen and oxygen atoms in total. The van der Waals surface area contributed by atoms with Gasteiger partial charge in [-0.25, -0.2) is 0 Å². The highest BCUT2D eigenvalue weighted by Crippen LogP contribution is 2.32. The van der Waals surface area contributed by atoms with Gasteiger partial charge in [-0.2, -0.15) is 0 Å². The molecule has 0 radical (unpaired) electrons. The molecule has 0 aromatic heterocycles. The molecule has 0 fully saturated rings. The highest BCUT2D eigenvalue weighted by atomic mass is 14.3. The minimum absolute atomic E-state index is 0.213. The maximum atomic E-state index is 2.40. The van der Waals surface area contributed by atoms with Gasteiger partial charge in [0.05, 0.1) is 0 Å². The number of aryl methyl sites for hydroxylation is 1. The fraction of sp³-hybridized carbons (Fsp3) is 0.444. The second-order valence-corrected chi connectivity index (χ2v) is 6.28. The van der Waals surface area contributed by atoms with Crippen molar-refractivity contribution in [1.82, 2.24) is 0 Å². The van der Waals surface area contributed by atoms with E-state index in [1.807, 2.05) is 0 Å². The van der Waals surface area contributed by atoms with Crippen LogP contribution < -0.4 is 0 Å². The van der Waals surface area contributed by atoms with Gasteiger partial charge in [-0.3, -0.25) is 0 Å². The zero-order chi connectivity index (χ0) is 13.2. The summed E-state index contributed by atoms with van der Waals surface area (Å²) in [6.07, 6.45) is 9.36. The van der Waals surface area contributed by atoms with Crippen LogP contribution in [-0.2, 0) is 5.41 Å². The number of hydrogen-bond acceptors (Lipinski definition) is 0. The van der Waals surface area contributed by atoms with E-state index in [2.05, 4.69) is 70.2 Å². The predicted octanol–water partition coefficient (Wildman–Crippen LogP) is 5.19. The molecule has 1 aliphatic carbocycles. The summed E-state index contributed by atoms with van der Waals surface area (Å²) in [6, 6.07) is 8.96. The Morgan fingerprint density at radius 3 is 2.39 bits per heavy atom. The van der Waals surface area contributed by atoms with Gasteiger partial charge in [0, 0.05) is 0 Å². The van der Waals surface area contributed by atoms with Crippen molar-refractivity contribution >= 4 is 0 Å². The van der Waals surface area contributed by atoms with E-state index >= 15 is 0 Å². The molecule has 2 rings (SSSR count). The number of benzene rings is 1. The largest absolute Gasteiger partial charge is 0.0811 e. The van der Waals surface area contributed by atoms with Crippen LogP contribution in [0.2, 0.25) is 0 Å². The Balaban J connectivity index is 2.12. The molecular weight excluding hydrogens is 216 g/mol. The first kappa shape index (κ1) is 13.1. The molecule has 0 saturated heterocycles. The Bertz CT molecular complexity index is 457. The monoisotopic (exact) mass is 240 g/mol. The summed E-state index contributed by atoms with van der Waals surface area (Å²) in [6.45, 7) is 9.09. The van der Waals surface area contributed by atoms with Crippen LogP contribution in [0, 0.1) is 12.8 Å². The summed E-state index contributed by atoms with van der Waals surface area (Å²) >= 11 is 0. The average molecular weight is 240 g/mol. The first-order chi connectivity index (χ1) is 8.47. The summed E-state index contributed by atoms with van der Waals surface area (Å²) in [7, 11) is 0. The number of rotatable bonds is 3. The van der Waals surface area contributed by atoms with Crippen molar-refractivity contribution in [3.8, 4) is 0 Å². The summed E-state index contributed by atoms with van der Waals surface area (Å²) in [5, 5.41) is 0. The third-order valence-corrected chi connectivity index (χ3v) is 3.87. The van der Waals surface area contributed by atoms with E-state index < -0.39 is 0 Å². The molecule has 0 heterocycles. The molecule has 1 aromatic rings. The van der Waals surface area contributed by atoms with Crippen LogP contribution in [0.25, 0.3) is 0 Å². The molecule has 0 spiro atoms. The van der Waals surface area contributed by atoms with E-state index in [-0.39, 0.29) is 5.41 Å². The van der Waals surface area contributed by atoms with Crippen LogP contribution in [0.3, 0.4) is 0 Å². The Hall–Kier alpha value is -1.30. The smallest absolute Gasteiger partial charge is 0.00633 e. The number of allylic oxidation sites excluding steroid dienone is 4. The predicted molar refractivity (Wildman–Crippen MR) is 79.8 cm³/mol. The Labute approximate surface area is 111 Å². The van der Waals surface area contributed by atoms with Crippen molar-refractivity contribution in [2.75, 3.05) is 0 Å². The van der Waals surface area contributed by atoms with E-state index in [4.69, 9.17) is 0 Å². The molecule has 0 amide bonds. The lowest BCUT2D eigenvalue weighted by Crippen LogP contribution is -2.18. The van der Waals surface area contributed by atoms with Crippen molar-refractivity contribution in [1.29, 1.82) is 0 Å². The van der Waals surface area contributed by atoms with Gasteiger partial charge in [-0.15, -0.1) is 0 Å². The summed E-state index contributed by atoms with van der Waals surface area (Å²) in [5.74, 6) is 0.705. The van der Waals surface area contributed by atoms with E-state index in [0.717, 1.165) is 6.42 Å². The van der Waals surface area contributed by atoms with Crippen molar-refractivity contribution in [2.45, 2.75) is 46.0 Å². The highest BCUT2D eigenvalue weighted by Gasteiger charge is 2.22. The normalized spacial score (nSPS) is 19.8. The van der Waals surface area contributed by atoms with Gasteiger partial charge in [-0.05, 0) is 36.7 Å². The zero-order valence-electron chi connectivity index (χ0n) is 12.0. The second kappa shape index (κ2) is 5.14. The molecule has 1 unspecified atom stereocenters. The maximum absolute atomic E-state index is 2.40. The molecule has 1 aliphatic rings. The lowest BCUT2D eigenvalue weighted by Gasteiger charge is -2.27. The molecule has 0 bridgehead atoms. The molecule has 1 aromatic carbocycles.